The van der Waals surface area contributed by atoms with E-state index in [9.17, 15) is 13.2 Å². The lowest BCUT2D eigenvalue weighted by molar-refractivity contribution is -0.146. The lowest BCUT2D eigenvalue weighted by Crippen LogP contribution is -2.40. The van der Waals surface area contributed by atoms with Gasteiger partial charge in [-0.25, -0.2) is 8.42 Å². The number of carboxylic acids is 1. The number of hydrogen-bond donors (Lipinski definition) is 2. The topological polar surface area (TPSA) is 83.5 Å². The molecule has 0 amide bonds. The molecule has 94 valence electrons. The fraction of sp³-hybridized carbons (Fsp3) is 0.900. The molecule has 1 saturated heterocycles. The number of carbonyl (C=O) groups is 1. The Bertz CT molecular complexity index is 361. The summed E-state index contributed by atoms with van der Waals surface area (Å²) in [5.41, 5.74) is -0.859. The number of sulfone groups is 1. The first-order valence-electron chi connectivity index (χ1n) is 5.41. The zero-order chi connectivity index (χ0) is 12.4. The van der Waals surface area contributed by atoms with E-state index < -0.39 is 21.2 Å². The quantitative estimate of drug-likeness (QED) is 0.730. The highest BCUT2D eigenvalue weighted by molar-refractivity contribution is 7.92. The van der Waals surface area contributed by atoms with Crippen molar-refractivity contribution in [3.8, 4) is 0 Å². The lowest BCUT2D eigenvalue weighted by atomic mass is 9.94. The fourth-order valence-electron chi connectivity index (χ4n) is 1.71. The third-order valence-electron chi connectivity index (χ3n) is 2.98. The van der Waals surface area contributed by atoms with Gasteiger partial charge >= 0.3 is 5.97 Å². The molecule has 0 aromatic heterocycles. The van der Waals surface area contributed by atoms with Crippen molar-refractivity contribution in [2.75, 3.05) is 18.8 Å². The molecule has 0 spiro atoms. The van der Waals surface area contributed by atoms with Gasteiger partial charge in [-0.3, -0.25) is 4.79 Å². The summed E-state index contributed by atoms with van der Waals surface area (Å²) in [5.74, 6) is -0.615. The van der Waals surface area contributed by atoms with E-state index in [2.05, 4.69) is 5.32 Å². The summed E-state index contributed by atoms with van der Waals surface area (Å²) < 4.78 is 23.0. The average molecular weight is 249 g/mol. The van der Waals surface area contributed by atoms with E-state index >= 15 is 0 Å². The van der Waals surface area contributed by atoms with E-state index in [0.29, 0.717) is 13.0 Å². The highest BCUT2D eigenvalue weighted by Crippen LogP contribution is 2.20. The molecule has 0 aromatic rings. The zero-order valence-corrected chi connectivity index (χ0v) is 10.5. The Morgan fingerprint density at radius 3 is 2.56 bits per heavy atom. The maximum Gasteiger partial charge on any atom is 0.310 e. The number of aliphatic carboxylic acids is 1. The van der Waals surface area contributed by atoms with Gasteiger partial charge in [0.25, 0.3) is 0 Å². The van der Waals surface area contributed by atoms with E-state index in [-0.39, 0.29) is 17.5 Å². The molecule has 2 N–H and O–H groups in total. The Kier molecular flexibility index (Phi) is 3.96. The van der Waals surface area contributed by atoms with Crippen molar-refractivity contribution in [3.05, 3.63) is 0 Å². The molecule has 1 aliphatic heterocycles. The van der Waals surface area contributed by atoms with Crippen molar-refractivity contribution in [1.82, 2.24) is 5.32 Å². The predicted octanol–water partition coefficient (Wildman–Crippen LogP) is 0.264. The van der Waals surface area contributed by atoms with Crippen molar-refractivity contribution >= 4 is 15.8 Å². The van der Waals surface area contributed by atoms with Gasteiger partial charge in [-0.15, -0.1) is 0 Å². The molecule has 0 radical (unpaired) electrons. The van der Waals surface area contributed by atoms with E-state index in [1.54, 1.807) is 13.8 Å². The SMILES string of the molecule is CC(C)(CNCC1CCCS1(=O)=O)C(=O)O. The van der Waals surface area contributed by atoms with Crippen LogP contribution in [0.5, 0.6) is 0 Å². The van der Waals surface area contributed by atoms with E-state index in [1.807, 2.05) is 0 Å². The zero-order valence-electron chi connectivity index (χ0n) is 9.69. The summed E-state index contributed by atoms with van der Waals surface area (Å²) in [4.78, 5) is 10.8. The Hall–Kier alpha value is -0.620. The molecule has 0 aromatic carbocycles. The Morgan fingerprint density at radius 2 is 2.12 bits per heavy atom. The van der Waals surface area contributed by atoms with Crippen LogP contribution in [0.1, 0.15) is 26.7 Å². The Labute approximate surface area is 96.1 Å². The highest BCUT2D eigenvalue weighted by Gasteiger charge is 2.32. The van der Waals surface area contributed by atoms with Gasteiger partial charge < -0.3 is 10.4 Å². The number of carboxylic acid groups (broad SMARTS) is 1. The van der Waals surface area contributed by atoms with Gasteiger partial charge in [0.15, 0.2) is 9.84 Å². The molecule has 1 aliphatic rings. The molecule has 5 nitrogen and oxygen atoms in total. The minimum Gasteiger partial charge on any atom is -0.481 e. The van der Waals surface area contributed by atoms with Crippen LogP contribution >= 0.6 is 0 Å². The minimum absolute atomic E-state index is 0.266. The lowest BCUT2D eigenvalue weighted by Gasteiger charge is -2.20. The average Bonchev–Trinajstić information content (AvgIpc) is 2.45. The van der Waals surface area contributed by atoms with Gasteiger partial charge in [0.05, 0.1) is 16.4 Å². The van der Waals surface area contributed by atoms with Crippen LogP contribution in [-0.4, -0.2) is 43.6 Å². The smallest absolute Gasteiger partial charge is 0.310 e. The standard InChI is InChI=1S/C10H19NO4S/c1-10(2,9(12)13)7-11-6-8-4-3-5-16(8,14)15/h8,11H,3-7H2,1-2H3,(H,12,13). The third-order valence-corrected chi connectivity index (χ3v) is 5.26. The van der Waals surface area contributed by atoms with Crippen LogP contribution in [0.25, 0.3) is 0 Å². The normalized spacial score (nSPS) is 24.5. The van der Waals surface area contributed by atoms with Crippen LogP contribution in [0.4, 0.5) is 0 Å². The number of rotatable bonds is 5. The maximum absolute atomic E-state index is 11.5. The second kappa shape index (κ2) is 4.71. The molecule has 0 bridgehead atoms. The van der Waals surface area contributed by atoms with Crippen LogP contribution < -0.4 is 5.32 Å². The largest absolute Gasteiger partial charge is 0.481 e. The van der Waals surface area contributed by atoms with Crippen LogP contribution in [-0.2, 0) is 14.6 Å². The van der Waals surface area contributed by atoms with Gasteiger partial charge in [-0.1, -0.05) is 0 Å². The molecule has 1 rings (SSSR count). The van der Waals surface area contributed by atoms with Gasteiger partial charge in [0.2, 0.25) is 0 Å². The predicted molar refractivity (Wildman–Crippen MR) is 61.1 cm³/mol. The molecule has 1 heterocycles. The maximum atomic E-state index is 11.5. The molecule has 1 atom stereocenters. The summed E-state index contributed by atoms with van der Waals surface area (Å²) in [6.45, 7) is 3.88. The molecule has 1 unspecified atom stereocenters. The van der Waals surface area contributed by atoms with Crippen molar-refractivity contribution in [3.63, 3.8) is 0 Å². The molecule has 0 saturated carbocycles. The second-order valence-corrected chi connectivity index (χ2v) is 7.35. The fourth-order valence-corrected chi connectivity index (χ4v) is 3.51. The molecule has 1 fully saturated rings. The van der Waals surface area contributed by atoms with Crippen LogP contribution in [0.3, 0.4) is 0 Å². The van der Waals surface area contributed by atoms with Crippen LogP contribution in [0.2, 0.25) is 0 Å². The van der Waals surface area contributed by atoms with Crippen molar-refractivity contribution in [2.45, 2.75) is 31.9 Å². The molecule has 6 heteroatoms. The third kappa shape index (κ3) is 3.18. The van der Waals surface area contributed by atoms with Gasteiger partial charge in [0.1, 0.15) is 0 Å². The molecule has 0 aliphatic carbocycles. The second-order valence-electron chi connectivity index (χ2n) is 4.95. The molecular weight excluding hydrogens is 230 g/mol. The number of hydrogen-bond acceptors (Lipinski definition) is 4. The molecular formula is C10H19NO4S. The van der Waals surface area contributed by atoms with Crippen molar-refractivity contribution < 1.29 is 18.3 Å². The molecule has 16 heavy (non-hydrogen) atoms. The van der Waals surface area contributed by atoms with Crippen molar-refractivity contribution in [2.24, 2.45) is 5.41 Å². The monoisotopic (exact) mass is 249 g/mol. The van der Waals surface area contributed by atoms with Gasteiger partial charge in [-0.05, 0) is 26.7 Å². The minimum atomic E-state index is -2.93. The van der Waals surface area contributed by atoms with Gasteiger partial charge in [0, 0.05) is 13.1 Å². The van der Waals surface area contributed by atoms with Crippen LogP contribution in [0.15, 0.2) is 0 Å². The summed E-state index contributed by atoms with van der Waals surface area (Å²) in [6.07, 6.45) is 1.40. The summed E-state index contributed by atoms with van der Waals surface area (Å²) in [5, 5.41) is 11.5. The summed E-state index contributed by atoms with van der Waals surface area (Å²) in [6, 6.07) is 0. The Morgan fingerprint density at radius 1 is 1.50 bits per heavy atom. The van der Waals surface area contributed by atoms with Crippen LogP contribution in [0, 0.1) is 5.41 Å². The van der Waals surface area contributed by atoms with Gasteiger partial charge in [-0.2, -0.15) is 0 Å². The van der Waals surface area contributed by atoms with E-state index in [0.717, 1.165) is 6.42 Å². The van der Waals surface area contributed by atoms with Crippen molar-refractivity contribution in [1.29, 1.82) is 0 Å². The first kappa shape index (κ1) is 13.4. The highest BCUT2D eigenvalue weighted by atomic mass is 32.2. The van der Waals surface area contributed by atoms with E-state index in [4.69, 9.17) is 5.11 Å². The summed E-state index contributed by atoms with van der Waals surface area (Å²) in [7, 11) is -2.93. The first-order chi connectivity index (χ1) is 7.26. The number of nitrogens with one attached hydrogen (secondary N) is 1. The summed E-state index contributed by atoms with van der Waals surface area (Å²) >= 11 is 0. The first-order valence-corrected chi connectivity index (χ1v) is 7.13. The Balaban J connectivity index is 2.39. The van der Waals surface area contributed by atoms with E-state index in [1.165, 1.54) is 0 Å².